The number of hydrogen-bond acceptors (Lipinski definition) is 6. The third kappa shape index (κ3) is 3.30. The van der Waals surface area contributed by atoms with Crippen molar-refractivity contribution in [2.75, 3.05) is 0 Å². The molecule has 1 unspecified atom stereocenters. The summed E-state index contributed by atoms with van der Waals surface area (Å²) in [5, 5.41) is 6.89. The van der Waals surface area contributed by atoms with Crippen LogP contribution in [0.1, 0.15) is 23.7 Å². The van der Waals surface area contributed by atoms with Crippen LogP contribution in [-0.4, -0.2) is 29.4 Å². The molecule has 1 aliphatic heterocycles. The zero-order valence-corrected chi connectivity index (χ0v) is 12.2. The van der Waals surface area contributed by atoms with E-state index in [1.54, 1.807) is 0 Å². The molecule has 1 atom stereocenters. The van der Waals surface area contributed by atoms with Crippen LogP contribution in [0.3, 0.4) is 0 Å². The number of thioether (sulfide) groups is 1. The first-order chi connectivity index (χ1) is 9.41. The molecule has 1 amide bonds. The average Bonchev–Trinajstić information content (AvgIpc) is 2.85. The third-order valence-corrected chi connectivity index (χ3v) is 4.62. The van der Waals surface area contributed by atoms with E-state index in [2.05, 4.69) is 15.8 Å². The lowest BCUT2D eigenvalue weighted by Crippen LogP contribution is -2.29. The summed E-state index contributed by atoms with van der Waals surface area (Å²) in [6, 6.07) is 5.43. The Hall–Kier alpha value is -1.58. The summed E-state index contributed by atoms with van der Waals surface area (Å²) in [6.45, 7) is 1.97. The van der Waals surface area contributed by atoms with E-state index in [1.807, 2.05) is 6.92 Å². The molecule has 0 aliphatic carbocycles. The normalized spacial score (nSPS) is 18.3. The predicted octanol–water partition coefficient (Wildman–Crippen LogP) is 1.01. The van der Waals surface area contributed by atoms with Crippen LogP contribution in [0.2, 0.25) is 0 Å². The van der Waals surface area contributed by atoms with Crippen LogP contribution in [0, 0.1) is 0 Å². The number of nitrogens with one attached hydrogen (secondary N) is 2. The Kier molecular flexibility index (Phi) is 4.31. The summed E-state index contributed by atoms with van der Waals surface area (Å²) in [5.74, 6) is -0.636. The quantitative estimate of drug-likeness (QED) is 0.718. The molecular weight excluding hydrogens is 302 g/mol. The number of hydrazone groups is 1. The summed E-state index contributed by atoms with van der Waals surface area (Å²) in [5.41, 5.74) is 2.70. The van der Waals surface area contributed by atoms with Gasteiger partial charge < -0.3 is 0 Å². The number of carbonyl (C=O) groups is 1. The molecule has 0 fully saturated rings. The van der Waals surface area contributed by atoms with Gasteiger partial charge >= 0.3 is 0 Å². The van der Waals surface area contributed by atoms with Crippen LogP contribution in [-0.2, 0) is 10.1 Å². The van der Waals surface area contributed by atoms with Gasteiger partial charge in [0.1, 0.15) is 4.90 Å². The van der Waals surface area contributed by atoms with Gasteiger partial charge in [-0.25, -0.2) is 0 Å². The Balaban J connectivity index is 2.19. The second-order valence-electron chi connectivity index (χ2n) is 3.99. The Labute approximate surface area is 120 Å². The Bertz CT molecular complexity index is 657. The van der Waals surface area contributed by atoms with Gasteiger partial charge in [0.05, 0.1) is 10.9 Å². The van der Waals surface area contributed by atoms with Crippen molar-refractivity contribution in [3.8, 4) is 0 Å². The van der Waals surface area contributed by atoms with Crippen molar-refractivity contribution in [3.63, 3.8) is 0 Å². The molecule has 9 heteroatoms. The molecule has 0 aromatic heterocycles. The van der Waals surface area contributed by atoms with Crippen LogP contribution in [0.5, 0.6) is 0 Å². The zero-order chi connectivity index (χ0) is 14.8. The molecule has 0 spiro atoms. The zero-order valence-electron chi connectivity index (χ0n) is 10.5. The molecule has 3 N–H and O–H groups in total. The van der Waals surface area contributed by atoms with Crippen molar-refractivity contribution >= 4 is 33.0 Å². The number of nitrogens with zero attached hydrogens (tertiary/aromatic N) is 1. The predicted molar refractivity (Wildman–Crippen MR) is 76.0 cm³/mol. The molecule has 1 heterocycles. The minimum atomic E-state index is -4.45. The molecule has 20 heavy (non-hydrogen) atoms. The maximum absolute atomic E-state index is 12.1. The van der Waals surface area contributed by atoms with Gasteiger partial charge in [0.2, 0.25) is 0 Å². The van der Waals surface area contributed by atoms with Crippen LogP contribution in [0.4, 0.5) is 0 Å². The molecule has 1 aromatic carbocycles. The minimum Gasteiger partial charge on any atom is -0.300 e. The number of amides is 1. The number of hydrogen-bond donors (Lipinski definition) is 3. The number of benzene rings is 1. The second-order valence-corrected chi connectivity index (χ2v) is 6.57. The van der Waals surface area contributed by atoms with Gasteiger partial charge in [-0.15, -0.1) is 0 Å². The molecule has 108 valence electrons. The maximum Gasteiger partial charge on any atom is 0.295 e. The van der Waals surface area contributed by atoms with Gasteiger partial charge in [0.15, 0.2) is 5.17 Å². The van der Waals surface area contributed by atoms with Gasteiger partial charge in [-0.3, -0.25) is 20.1 Å². The lowest BCUT2D eigenvalue weighted by atomic mass is 10.2. The molecule has 2 rings (SSSR count). The van der Waals surface area contributed by atoms with Gasteiger partial charge in [-0.2, -0.15) is 13.5 Å². The standard InChI is InChI=1S/C11H13N3O4S2/c1-2-9-13-14-11(19-9)12-10(15)7-5-3-4-6-8(7)20(16,17)18/h3-6,9,13H,2H2,1H3,(H,12,14,15)(H,16,17,18). The van der Waals surface area contributed by atoms with E-state index in [0.717, 1.165) is 6.42 Å². The summed E-state index contributed by atoms with van der Waals surface area (Å²) in [7, 11) is -4.45. The molecule has 1 aromatic rings. The fraction of sp³-hybridized carbons (Fsp3) is 0.273. The number of amidine groups is 1. The van der Waals surface area contributed by atoms with Crippen LogP contribution in [0.15, 0.2) is 34.3 Å². The summed E-state index contributed by atoms with van der Waals surface area (Å²) < 4.78 is 31.5. The molecule has 0 bridgehead atoms. The minimum absolute atomic E-state index is 0.0853. The van der Waals surface area contributed by atoms with Crippen molar-refractivity contribution in [2.24, 2.45) is 5.10 Å². The molecule has 7 nitrogen and oxygen atoms in total. The van der Waals surface area contributed by atoms with Crippen LogP contribution < -0.4 is 10.7 Å². The highest BCUT2D eigenvalue weighted by Gasteiger charge is 2.23. The Morgan fingerprint density at radius 1 is 1.50 bits per heavy atom. The summed E-state index contributed by atoms with van der Waals surface area (Å²) in [6.07, 6.45) is 0.829. The summed E-state index contributed by atoms with van der Waals surface area (Å²) in [4.78, 5) is 11.6. The van der Waals surface area contributed by atoms with E-state index in [9.17, 15) is 13.2 Å². The van der Waals surface area contributed by atoms with Crippen molar-refractivity contribution in [1.82, 2.24) is 10.7 Å². The van der Waals surface area contributed by atoms with E-state index in [0.29, 0.717) is 5.17 Å². The highest BCUT2D eigenvalue weighted by Crippen LogP contribution is 2.19. The van der Waals surface area contributed by atoms with Crippen molar-refractivity contribution < 1.29 is 17.8 Å². The first-order valence-corrected chi connectivity index (χ1v) is 8.11. The first-order valence-electron chi connectivity index (χ1n) is 5.79. The van der Waals surface area contributed by atoms with Crippen molar-refractivity contribution in [2.45, 2.75) is 23.6 Å². The van der Waals surface area contributed by atoms with Gasteiger partial charge in [-0.05, 0) is 18.6 Å². The largest absolute Gasteiger partial charge is 0.300 e. The topological polar surface area (TPSA) is 108 Å². The molecular formula is C11H13N3O4S2. The fourth-order valence-corrected chi connectivity index (χ4v) is 3.08. The average molecular weight is 315 g/mol. The lowest BCUT2D eigenvalue weighted by Gasteiger charge is -2.07. The van der Waals surface area contributed by atoms with Gasteiger partial charge in [0, 0.05) is 0 Å². The molecule has 1 aliphatic rings. The summed E-state index contributed by atoms with van der Waals surface area (Å²) >= 11 is 1.34. The van der Waals surface area contributed by atoms with Gasteiger partial charge in [0.25, 0.3) is 16.0 Å². The van der Waals surface area contributed by atoms with Crippen molar-refractivity contribution in [1.29, 1.82) is 0 Å². The molecule has 0 saturated carbocycles. The van der Waals surface area contributed by atoms with Crippen LogP contribution in [0.25, 0.3) is 0 Å². The van der Waals surface area contributed by atoms with E-state index in [4.69, 9.17) is 4.55 Å². The second kappa shape index (κ2) is 5.81. The first kappa shape index (κ1) is 14.8. The van der Waals surface area contributed by atoms with Crippen LogP contribution >= 0.6 is 11.8 Å². The highest BCUT2D eigenvalue weighted by molar-refractivity contribution is 8.14. The van der Waals surface area contributed by atoms with Crippen molar-refractivity contribution in [3.05, 3.63) is 29.8 Å². The monoisotopic (exact) mass is 315 g/mol. The molecule has 0 radical (unpaired) electrons. The van der Waals surface area contributed by atoms with E-state index in [1.165, 1.54) is 36.0 Å². The SMILES string of the molecule is CCC1NN=C(NC(=O)c2ccccc2S(=O)(=O)O)S1. The Morgan fingerprint density at radius 2 is 2.20 bits per heavy atom. The fourth-order valence-electron chi connectivity index (χ4n) is 1.59. The maximum atomic E-state index is 12.1. The smallest absolute Gasteiger partial charge is 0.295 e. The lowest BCUT2D eigenvalue weighted by molar-refractivity contribution is 0.0974. The van der Waals surface area contributed by atoms with E-state index >= 15 is 0 Å². The number of rotatable bonds is 3. The third-order valence-electron chi connectivity index (χ3n) is 2.56. The number of carbonyl (C=O) groups excluding carboxylic acids is 1. The highest BCUT2D eigenvalue weighted by atomic mass is 32.2. The van der Waals surface area contributed by atoms with Gasteiger partial charge in [-0.1, -0.05) is 30.8 Å². The van der Waals surface area contributed by atoms with E-state index < -0.39 is 20.9 Å². The van der Waals surface area contributed by atoms with E-state index in [-0.39, 0.29) is 10.9 Å². The Morgan fingerprint density at radius 3 is 2.80 bits per heavy atom. The molecule has 0 saturated heterocycles.